The van der Waals surface area contributed by atoms with Crippen molar-refractivity contribution in [2.45, 2.75) is 39.3 Å². The molecule has 0 fully saturated rings. The van der Waals surface area contributed by atoms with Crippen molar-refractivity contribution in [2.75, 3.05) is 0 Å². The minimum absolute atomic E-state index is 0.214. The first kappa shape index (κ1) is 15.5. The fraction of sp³-hybridized carbons (Fsp3) is 0.400. The van der Waals surface area contributed by atoms with Gasteiger partial charge in [0, 0.05) is 11.4 Å². The number of rotatable bonds is 6. The summed E-state index contributed by atoms with van der Waals surface area (Å²) in [6, 6.07) is 6.35. The maximum Gasteiger partial charge on any atom is 0.134 e. The van der Waals surface area contributed by atoms with E-state index in [1.807, 2.05) is 18.4 Å². The van der Waals surface area contributed by atoms with Crippen LogP contribution >= 0.6 is 27.3 Å². The smallest absolute Gasteiger partial charge is 0.134 e. The Hall–Kier alpha value is -0.910. The number of nitrogens with zero attached hydrogens (tertiary/aromatic N) is 1. The first-order valence-corrected chi connectivity index (χ1v) is 8.33. The molecule has 5 heteroatoms. The Bertz CT molecular complexity index is 571. The minimum atomic E-state index is 0.214. The molecule has 0 saturated heterocycles. The van der Waals surface area contributed by atoms with Crippen molar-refractivity contribution in [3.8, 4) is 5.75 Å². The molecule has 0 saturated carbocycles. The molecule has 2 rings (SSSR count). The van der Waals surface area contributed by atoms with Gasteiger partial charge in [-0.1, -0.05) is 13.0 Å². The number of halogens is 1. The monoisotopic (exact) mass is 354 g/mol. The van der Waals surface area contributed by atoms with Crippen LogP contribution in [0.5, 0.6) is 5.75 Å². The molecule has 0 spiro atoms. The predicted octanol–water partition coefficient (Wildman–Crippen LogP) is 4.07. The Morgan fingerprint density at radius 1 is 1.45 bits per heavy atom. The van der Waals surface area contributed by atoms with Gasteiger partial charge in [0.25, 0.3) is 0 Å². The quantitative estimate of drug-likeness (QED) is 0.850. The van der Waals surface area contributed by atoms with Crippen LogP contribution in [-0.2, 0) is 13.0 Å². The van der Waals surface area contributed by atoms with Gasteiger partial charge in [-0.25, -0.2) is 4.98 Å². The molecule has 0 radical (unpaired) electrons. The maximum absolute atomic E-state index is 5.98. The van der Waals surface area contributed by atoms with Gasteiger partial charge in [0.2, 0.25) is 0 Å². The van der Waals surface area contributed by atoms with Crippen LogP contribution in [0, 0.1) is 6.92 Å². The van der Waals surface area contributed by atoms with Crippen LogP contribution in [-0.4, -0.2) is 11.0 Å². The van der Waals surface area contributed by atoms with E-state index in [2.05, 4.69) is 40.0 Å². The van der Waals surface area contributed by atoms with Crippen LogP contribution in [0.2, 0.25) is 0 Å². The fourth-order valence-corrected chi connectivity index (χ4v) is 3.00. The minimum Gasteiger partial charge on any atom is -0.486 e. The second kappa shape index (κ2) is 7.20. The zero-order valence-corrected chi connectivity index (χ0v) is 14.1. The Labute approximate surface area is 132 Å². The van der Waals surface area contributed by atoms with Gasteiger partial charge in [-0.15, -0.1) is 11.3 Å². The lowest BCUT2D eigenvalue weighted by atomic mass is 10.0. The lowest BCUT2D eigenvalue weighted by molar-refractivity contribution is 0.300. The molecule has 0 aliphatic rings. The Morgan fingerprint density at radius 2 is 2.25 bits per heavy atom. The standard InChI is InChI=1S/C15H19BrN2OS/c1-3-12(17)6-11-4-5-15(14(16)7-11)19-8-13-9-20-10(2)18-13/h4-5,7,9,12H,3,6,8,17H2,1-2H3. The van der Waals surface area contributed by atoms with Crippen LogP contribution in [0.3, 0.4) is 0 Å². The van der Waals surface area contributed by atoms with E-state index < -0.39 is 0 Å². The van der Waals surface area contributed by atoms with Gasteiger partial charge >= 0.3 is 0 Å². The zero-order chi connectivity index (χ0) is 14.5. The highest BCUT2D eigenvalue weighted by Gasteiger charge is 2.07. The molecule has 3 nitrogen and oxygen atoms in total. The lowest BCUT2D eigenvalue weighted by Crippen LogP contribution is -2.21. The van der Waals surface area contributed by atoms with Crippen molar-refractivity contribution in [3.05, 3.63) is 44.3 Å². The number of aryl methyl sites for hydroxylation is 1. The van der Waals surface area contributed by atoms with E-state index >= 15 is 0 Å². The van der Waals surface area contributed by atoms with E-state index in [1.54, 1.807) is 11.3 Å². The van der Waals surface area contributed by atoms with Gasteiger partial charge in [-0.3, -0.25) is 0 Å². The Balaban J connectivity index is 1.98. The SMILES string of the molecule is CCC(N)Cc1ccc(OCc2csc(C)n2)c(Br)c1. The highest BCUT2D eigenvalue weighted by Crippen LogP contribution is 2.27. The summed E-state index contributed by atoms with van der Waals surface area (Å²) in [6.07, 6.45) is 1.87. The summed E-state index contributed by atoms with van der Waals surface area (Å²) in [7, 11) is 0. The third kappa shape index (κ3) is 4.30. The topological polar surface area (TPSA) is 48.1 Å². The first-order valence-electron chi connectivity index (χ1n) is 6.66. The van der Waals surface area contributed by atoms with Crippen LogP contribution < -0.4 is 10.5 Å². The summed E-state index contributed by atoms with van der Waals surface area (Å²) < 4.78 is 6.75. The van der Waals surface area contributed by atoms with Crippen molar-refractivity contribution in [1.29, 1.82) is 0 Å². The van der Waals surface area contributed by atoms with Crippen LogP contribution in [0.1, 0.15) is 29.6 Å². The normalized spacial score (nSPS) is 12.4. The average Bonchev–Trinajstić information content (AvgIpc) is 2.83. The van der Waals surface area contributed by atoms with Gasteiger partial charge < -0.3 is 10.5 Å². The van der Waals surface area contributed by atoms with E-state index in [1.165, 1.54) is 5.56 Å². The molecule has 2 aromatic rings. The maximum atomic E-state index is 5.98. The molecule has 1 heterocycles. The molecule has 1 aromatic heterocycles. The predicted molar refractivity (Wildman–Crippen MR) is 87.3 cm³/mol. The molecule has 1 atom stereocenters. The third-order valence-electron chi connectivity index (χ3n) is 3.06. The second-order valence-electron chi connectivity index (χ2n) is 4.78. The largest absolute Gasteiger partial charge is 0.486 e. The number of thiazole rings is 1. The molecule has 0 bridgehead atoms. The van der Waals surface area contributed by atoms with Crippen LogP contribution in [0.25, 0.3) is 0 Å². The molecule has 0 aliphatic carbocycles. The van der Waals surface area contributed by atoms with Crippen molar-refractivity contribution in [3.63, 3.8) is 0 Å². The Kier molecular flexibility index (Phi) is 5.57. The van der Waals surface area contributed by atoms with Gasteiger partial charge in [0.05, 0.1) is 15.2 Å². The van der Waals surface area contributed by atoms with E-state index in [9.17, 15) is 0 Å². The van der Waals surface area contributed by atoms with E-state index in [0.29, 0.717) is 6.61 Å². The summed E-state index contributed by atoms with van der Waals surface area (Å²) >= 11 is 5.19. The highest BCUT2D eigenvalue weighted by atomic mass is 79.9. The summed E-state index contributed by atoms with van der Waals surface area (Å²) in [6.45, 7) is 4.60. The van der Waals surface area contributed by atoms with Crippen molar-refractivity contribution in [1.82, 2.24) is 4.98 Å². The summed E-state index contributed by atoms with van der Waals surface area (Å²) in [4.78, 5) is 4.39. The fourth-order valence-electron chi connectivity index (χ4n) is 1.86. The summed E-state index contributed by atoms with van der Waals surface area (Å²) in [5.74, 6) is 0.837. The number of aromatic nitrogens is 1. The molecular weight excluding hydrogens is 336 g/mol. The van der Waals surface area contributed by atoms with E-state index in [4.69, 9.17) is 10.5 Å². The first-order chi connectivity index (χ1) is 9.58. The Morgan fingerprint density at radius 3 is 2.85 bits per heavy atom. The lowest BCUT2D eigenvalue weighted by Gasteiger charge is -2.11. The number of benzene rings is 1. The van der Waals surface area contributed by atoms with Gasteiger partial charge in [-0.05, 0) is 53.4 Å². The summed E-state index contributed by atoms with van der Waals surface area (Å²) in [5.41, 5.74) is 8.17. The van der Waals surface area contributed by atoms with E-state index in [-0.39, 0.29) is 6.04 Å². The molecule has 1 unspecified atom stereocenters. The molecule has 1 aromatic carbocycles. The number of hydrogen-bond acceptors (Lipinski definition) is 4. The zero-order valence-electron chi connectivity index (χ0n) is 11.7. The second-order valence-corrected chi connectivity index (χ2v) is 6.70. The van der Waals surface area contributed by atoms with Gasteiger partial charge in [0.15, 0.2) is 0 Å². The van der Waals surface area contributed by atoms with Crippen LogP contribution in [0.4, 0.5) is 0 Å². The van der Waals surface area contributed by atoms with Crippen molar-refractivity contribution < 1.29 is 4.74 Å². The van der Waals surface area contributed by atoms with Crippen molar-refractivity contribution >= 4 is 27.3 Å². The number of ether oxygens (including phenoxy) is 1. The average molecular weight is 355 g/mol. The van der Waals surface area contributed by atoms with Crippen LogP contribution in [0.15, 0.2) is 28.1 Å². The number of hydrogen-bond donors (Lipinski definition) is 1. The molecule has 2 N–H and O–H groups in total. The molecule has 0 aliphatic heterocycles. The molecule has 108 valence electrons. The van der Waals surface area contributed by atoms with Crippen molar-refractivity contribution in [2.24, 2.45) is 5.73 Å². The molecule has 20 heavy (non-hydrogen) atoms. The third-order valence-corrected chi connectivity index (χ3v) is 4.50. The molecular formula is C15H19BrN2OS. The van der Waals surface area contributed by atoms with E-state index in [0.717, 1.165) is 33.8 Å². The number of nitrogens with two attached hydrogens (primary N) is 1. The summed E-state index contributed by atoms with van der Waals surface area (Å²) in [5, 5.41) is 3.09. The highest BCUT2D eigenvalue weighted by molar-refractivity contribution is 9.10. The van der Waals surface area contributed by atoms with Gasteiger partial charge in [0.1, 0.15) is 12.4 Å². The molecule has 0 amide bonds. The van der Waals surface area contributed by atoms with Gasteiger partial charge in [-0.2, -0.15) is 0 Å².